The first-order valence-corrected chi connectivity index (χ1v) is 12.6. The van der Waals surface area contributed by atoms with Crippen LogP contribution in [0.5, 0.6) is 0 Å². The van der Waals surface area contributed by atoms with Crippen molar-refractivity contribution in [3.8, 4) is 0 Å². The number of allylic oxidation sites excluding steroid dienone is 2. The number of methoxy groups -OCH3 is 2. The molecule has 0 heterocycles. The molecule has 2 unspecified atom stereocenters. The Labute approximate surface area is 233 Å². The maximum atomic E-state index is 14.3. The first-order chi connectivity index (χ1) is 19.3. The first-order valence-electron chi connectivity index (χ1n) is 12.6. The summed E-state index contributed by atoms with van der Waals surface area (Å²) in [4.78, 5) is 26.2. The minimum Gasteiger partial charge on any atom is -0.462 e. The van der Waals surface area contributed by atoms with Gasteiger partial charge in [0.05, 0.1) is 0 Å². The van der Waals surface area contributed by atoms with E-state index < -0.39 is 71.2 Å². The molecule has 0 N–H and O–H groups in total. The van der Waals surface area contributed by atoms with Gasteiger partial charge in [-0.25, -0.2) is 9.59 Å². The van der Waals surface area contributed by atoms with Crippen molar-refractivity contribution in [1.29, 1.82) is 0 Å². The third-order valence-corrected chi connectivity index (χ3v) is 7.49. The molecule has 2 aromatic carbocycles. The zero-order valence-corrected chi connectivity index (χ0v) is 22.6. The molecule has 0 spiro atoms. The second-order valence-corrected chi connectivity index (χ2v) is 9.68. The van der Waals surface area contributed by atoms with Crippen LogP contribution < -0.4 is 0 Å². The molecule has 1 aliphatic rings. The molecule has 0 amide bonds. The average Bonchev–Trinajstić information content (AvgIpc) is 2.92. The lowest BCUT2D eigenvalue weighted by atomic mass is 9.60. The first kappa shape index (κ1) is 32.1. The van der Waals surface area contributed by atoms with Gasteiger partial charge >= 0.3 is 24.3 Å². The van der Waals surface area contributed by atoms with E-state index in [2.05, 4.69) is 0 Å². The molecule has 3 atom stereocenters. The van der Waals surface area contributed by atoms with E-state index in [1.54, 1.807) is 19.1 Å². The SMILES string of the molecule is C/C=C/[C@H]1CCC1(COC(=O)C(OC)(c1ccccc1)C(F)(F)F)COC(=O)C(OC)(c1ccccc1)C(F)(F)F. The summed E-state index contributed by atoms with van der Waals surface area (Å²) < 4.78 is 106. The van der Waals surface area contributed by atoms with Crippen molar-refractivity contribution in [3.05, 3.63) is 83.9 Å². The maximum absolute atomic E-state index is 14.3. The second kappa shape index (κ2) is 12.2. The summed E-state index contributed by atoms with van der Waals surface area (Å²) in [5, 5.41) is 0. The van der Waals surface area contributed by atoms with E-state index in [0.717, 1.165) is 38.5 Å². The Hall–Kier alpha value is -3.38. The molecule has 0 saturated heterocycles. The molecule has 3 rings (SSSR count). The van der Waals surface area contributed by atoms with Crippen LogP contribution in [-0.2, 0) is 39.7 Å². The Kier molecular flexibility index (Phi) is 9.59. The van der Waals surface area contributed by atoms with Gasteiger partial charge < -0.3 is 18.9 Å². The molecule has 224 valence electrons. The predicted molar refractivity (Wildman–Crippen MR) is 134 cm³/mol. The number of hydrogen-bond donors (Lipinski definition) is 0. The number of rotatable bonds is 11. The van der Waals surface area contributed by atoms with Crippen LogP contribution in [0.2, 0.25) is 0 Å². The summed E-state index contributed by atoms with van der Waals surface area (Å²) in [6.07, 6.45) is -6.47. The number of carbonyl (C=O) groups excluding carboxylic acids is 2. The number of benzene rings is 2. The van der Waals surface area contributed by atoms with E-state index in [1.165, 1.54) is 36.4 Å². The van der Waals surface area contributed by atoms with Crippen LogP contribution in [0.15, 0.2) is 72.8 Å². The Morgan fingerprint density at radius 2 is 1.17 bits per heavy atom. The van der Waals surface area contributed by atoms with Crippen LogP contribution in [0, 0.1) is 11.3 Å². The van der Waals surface area contributed by atoms with Gasteiger partial charge in [0.1, 0.15) is 13.2 Å². The van der Waals surface area contributed by atoms with Gasteiger partial charge in [-0.2, -0.15) is 26.3 Å². The van der Waals surface area contributed by atoms with Crippen LogP contribution >= 0.6 is 0 Å². The van der Waals surface area contributed by atoms with Gasteiger partial charge in [0.2, 0.25) is 0 Å². The lowest BCUT2D eigenvalue weighted by Crippen LogP contribution is -2.55. The number of alkyl halides is 6. The Balaban J connectivity index is 1.91. The topological polar surface area (TPSA) is 71.1 Å². The van der Waals surface area contributed by atoms with Gasteiger partial charge in [-0.1, -0.05) is 72.8 Å². The number of hydrogen-bond acceptors (Lipinski definition) is 6. The summed E-state index contributed by atoms with van der Waals surface area (Å²) in [6.45, 7) is 0.310. The molecule has 12 heteroatoms. The predicted octanol–water partition coefficient (Wildman–Crippen LogP) is 6.25. The third kappa shape index (κ3) is 5.72. The molecule has 1 saturated carbocycles. The van der Waals surface area contributed by atoms with Gasteiger partial charge in [0.25, 0.3) is 11.2 Å². The van der Waals surface area contributed by atoms with Gasteiger partial charge in [0.15, 0.2) is 0 Å². The zero-order chi connectivity index (χ0) is 30.5. The number of halogens is 6. The van der Waals surface area contributed by atoms with E-state index in [4.69, 9.17) is 18.9 Å². The molecular weight excluding hydrogens is 558 g/mol. The second-order valence-electron chi connectivity index (χ2n) is 9.68. The van der Waals surface area contributed by atoms with Crippen molar-refractivity contribution in [3.63, 3.8) is 0 Å². The molecule has 41 heavy (non-hydrogen) atoms. The quantitative estimate of drug-likeness (QED) is 0.176. The van der Waals surface area contributed by atoms with E-state index in [1.807, 2.05) is 0 Å². The summed E-state index contributed by atoms with van der Waals surface area (Å²) in [5.74, 6) is -3.99. The molecule has 0 aliphatic heterocycles. The van der Waals surface area contributed by atoms with Crippen molar-refractivity contribution in [2.45, 2.75) is 43.3 Å². The average molecular weight is 589 g/mol. The maximum Gasteiger partial charge on any atom is 0.432 e. The van der Waals surface area contributed by atoms with Crippen LogP contribution in [0.1, 0.15) is 30.9 Å². The summed E-state index contributed by atoms with van der Waals surface area (Å²) in [7, 11) is 1.44. The highest BCUT2D eigenvalue weighted by molar-refractivity contribution is 5.83. The number of esters is 2. The van der Waals surface area contributed by atoms with Crippen molar-refractivity contribution >= 4 is 11.9 Å². The minimum absolute atomic E-state index is 0.192. The Morgan fingerprint density at radius 3 is 1.44 bits per heavy atom. The fourth-order valence-electron chi connectivity index (χ4n) is 5.05. The molecule has 1 fully saturated rings. The van der Waals surface area contributed by atoms with Crippen molar-refractivity contribution in [2.24, 2.45) is 11.3 Å². The molecule has 0 bridgehead atoms. The lowest BCUT2D eigenvalue weighted by Gasteiger charge is -2.48. The highest BCUT2D eigenvalue weighted by Crippen LogP contribution is 2.50. The van der Waals surface area contributed by atoms with Crippen molar-refractivity contribution in [2.75, 3.05) is 27.4 Å². The van der Waals surface area contributed by atoms with E-state index in [9.17, 15) is 35.9 Å². The smallest absolute Gasteiger partial charge is 0.432 e. The number of carbonyl (C=O) groups is 2. The number of ether oxygens (including phenoxy) is 4. The van der Waals surface area contributed by atoms with Crippen LogP contribution in [0.25, 0.3) is 0 Å². The van der Waals surface area contributed by atoms with Crippen molar-refractivity contribution < 1.29 is 54.9 Å². The van der Waals surface area contributed by atoms with Gasteiger partial charge in [-0.05, 0) is 25.7 Å². The van der Waals surface area contributed by atoms with Crippen LogP contribution in [-0.4, -0.2) is 51.7 Å². The highest BCUT2D eigenvalue weighted by atomic mass is 19.4. The van der Waals surface area contributed by atoms with E-state index in [-0.39, 0.29) is 6.42 Å². The lowest BCUT2D eigenvalue weighted by molar-refractivity contribution is -0.280. The van der Waals surface area contributed by atoms with Gasteiger partial charge in [-0.15, -0.1) is 0 Å². The highest BCUT2D eigenvalue weighted by Gasteiger charge is 2.66. The Morgan fingerprint density at radius 1 is 0.780 bits per heavy atom. The molecule has 0 aromatic heterocycles. The fourth-order valence-corrected chi connectivity index (χ4v) is 5.05. The molecule has 2 aromatic rings. The Bertz CT molecular complexity index is 1130. The largest absolute Gasteiger partial charge is 0.462 e. The minimum atomic E-state index is -5.22. The summed E-state index contributed by atoms with van der Waals surface area (Å²) in [6, 6.07) is 12.4. The molecular formula is C29H30F6O6. The monoisotopic (exact) mass is 588 g/mol. The van der Waals surface area contributed by atoms with Crippen LogP contribution in [0.3, 0.4) is 0 Å². The van der Waals surface area contributed by atoms with Crippen molar-refractivity contribution in [1.82, 2.24) is 0 Å². The van der Waals surface area contributed by atoms with E-state index >= 15 is 0 Å². The normalized spacial score (nSPS) is 22.3. The standard InChI is InChI=1S/C29H30F6O6/c1-4-11-20-16-17-25(20,18-40-23(36)26(38-2,28(30,31)32)21-12-7-5-8-13-21)19-41-24(37)27(39-3,29(33,34)35)22-14-9-6-10-15-22/h4-15,20H,16-19H2,1-3H3/b11-4+/t20-,25?,26?,27?/m0/s1. The summed E-state index contributed by atoms with van der Waals surface area (Å²) in [5.41, 5.74) is -9.24. The molecule has 6 nitrogen and oxygen atoms in total. The van der Waals surface area contributed by atoms with Gasteiger partial charge in [0, 0.05) is 30.8 Å². The van der Waals surface area contributed by atoms with E-state index in [0.29, 0.717) is 6.42 Å². The molecule has 1 aliphatic carbocycles. The van der Waals surface area contributed by atoms with Crippen LogP contribution in [0.4, 0.5) is 26.3 Å². The molecule has 0 radical (unpaired) electrons. The third-order valence-electron chi connectivity index (χ3n) is 7.49. The summed E-state index contributed by atoms with van der Waals surface area (Å²) >= 11 is 0. The van der Waals surface area contributed by atoms with Gasteiger partial charge in [-0.3, -0.25) is 0 Å². The fraction of sp³-hybridized carbons (Fsp3) is 0.448. The zero-order valence-electron chi connectivity index (χ0n) is 22.6.